The lowest BCUT2D eigenvalue weighted by molar-refractivity contribution is 0.138. The van der Waals surface area contributed by atoms with Crippen LogP contribution in [-0.2, 0) is 6.42 Å². The maximum Gasteiger partial charge on any atom is 0.142 e. The molecule has 3 heteroatoms. The molecule has 1 aromatic carbocycles. The van der Waals surface area contributed by atoms with Gasteiger partial charge in [0.05, 0.1) is 5.02 Å². The van der Waals surface area contributed by atoms with Crippen LogP contribution in [0.5, 0.6) is 5.75 Å². The Bertz CT molecular complexity index is 399. The number of benzene rings is 1. The van der Waals surface area contributed by atoms with Gasteiger partial charge < -0.3 is 4.74 Å². The van der Waals surface area contributed by atoms with E-state index in [0.29, 0.717) is 22.8 Å². The van der Waals surface area contributed by atoms with Crippen LogP contribution in [-0.4, -0.2) is 5.60 Å². The fourth-order valence-corrected chi connectivity index (χ4v) is 2.05. The van der Waals surface area contributed by atoms with Crippen LogP contribution in [0.15, 0.2) is 6.07 Å². The number of hydrogen-bond donors (Lipinski definition) is 0. The van der Waals surface area contributed by atoms with Crippen molar-refractivity contribution in [3.8, 4) is 5.75 Å². The topological polar surface area (TPSA) is 9.23 Å². The summed E-state index contributed by atoms with van der Waals surface area (Å²) < 4.78 is 19.0. The minimum Gasteiger partial charge on any atom is -0.486 e. The molecule has 2 rings (SSSR count). The Hall–Kier alpha value is -0.760. The van der Waals surface area contributed by atoms with Crippen molar-refractivity contribution in [2.75, 3.05) is 0 Å². The second-order valence-electron chi connectivity index (χ2n) is 4.31. The van der Waals surface area contributed by atoms with Crippen molar-refractivity contribution in [3.05, 3.63) is 28.0 Å². The van der Waals surface area contributed by atoms with Gasteiger partial charge in [-0.25, -0.2) is 4.39 Å². The van der Waals surface area contributed by atoms with Crippen LogP contribution in [0.3, 0.4) is 0 Å². The Morgan fingerprint density at radius 1 is 1.50 bits per heavy atom. The van der Waals surface area contributed by atoms with Crippen LogP contribution in [0.2, 0.25) is 5.02 Å². The smallest absolute Gasteiger partial charge is 0.142 e. The largest absolute Gasteiger partial charge is 0.486 e. The van der Waals surface area contributed by atoms with Gasteiger partial charge in [0.2, 0.25) is 0 Å². The minimum absolute atomic E-state index is 0.255. The molecule has 1 heterocycles. The molecule has 0 fully saturated rings. The summed E-state index contributed by atoms with van der Waals surface area (Å²) in [4.78, 5) is 0. The number of rotatable bonds is 0. The van der Waals surface area contributed by atoms with E-state index in [0.717, 1.165) is 5.56 Å². The lowest BCUT2D eigenvalue weighted by Gasteiger charge is -2.17. The zero-order valence-electron chi connectivity index (χ0n) is 8.45. The fourth-order valence-electron chi connectivity index (χ4n) is 1.80. The highest BCUT2D eigenvalue weighted by molar-refractivity contribution is 6.32. The molecule has 1 nitrogen and oxygen atoms in total. The van der Waals surface area contributed by atoms with Crippen molar-refractivity contribution < 1.29 is 9.13 Å². The van der Waals surface area contributed by atoms with Gasteiger partial charge in [-0.3, -0.25) is 0 Å². The Kier molecular flexibility index (Phi) is 2.00. The highest BCUT2D eigenvalue weighted by Gasteiger charge is 2.33. The maximum absolute atomic E-state index is 13.3. The molecule has 0 amide bonds. The number of ether oxygens (including phenoxy) is 1. The summed E-state index contributed by atoms with van der Waals surface area (Å²) in [6.45, 7) is 5.70. The fraction of sp³-hybridized carbons (Fsp3) is 0.455. The van der Waals surface area contributed by atoms with Crippen molar-refractivity contribution >= 4 is 11.6 Å². The predicted octanol–water partition coefficient (Wildman–Crippen LogP) is 3.50. The zero-order chi connectivity index (χ0) is 10.5. The van der Waals surface area contributed by atoms with E-state index in [1.807, 2.05) is 13.8 Å². The monoisotopic (exact) mass is 214 g/mol. The predicted molar refractivity (Wildman–Crippen MR) is 54.6 cm³/mol. The molecule has 14 heavy (non-hydrogen) atoms. The highest BCUT2D eigenvalue weighted by Crippen LogP contribution is 2.42. The Labute approximate surface area is 87.8 Å². The summed E-state index contributed by atoms with van der Waals surface area (Å²) in [5.41, 5.74) is 1.28. The third kappa shape index (κ3) is 1.38. The molecule has 1 aromatic rings. The first-order valence-electron chi connectivity index (χ1n) is 4.57. The third-order valence-corrected chi connectivity index (χ3v) is 2.82. The summed E-state index contributed by atoms with van der Waals surface area (Å²) >= 11 is 5.91. The van der Waals surface area contributed by atoms with Crippen molar-refractivity contribution in [2.45, 2.75) is 32.8 Å². The van der Waals surface area contributed by atoms with Crippen LogP contribution < -0.4 is 4.74 Å². The van der Waals surface area contributed by atoms with E-state index in [4.69, 9.17) is 16.3 Å². The van der Waals surface area contributed by atoms with Gasteiger partial charge in [0.1, 0.15) is 17.2 Å². The van der Waals surface area contributed by atoms with Crippen molar-refractivity contribution in [3.63, 3.8) is 0 Å². The van der Waals surface area contributed by atoms with Gasteiger partial charge in [-0.05, 0) is 32.4 Å². The molecule has 0 saturated carbocycles. The van der Waals surface area contributed by atoms with Gasteiger partial charge in [0.25, 0.3) is 0 Å². The van der Waals surface area contributed by atoms with Gasteiger partial charge in [-0.1, -0.05) is 11.6 Å². The van der Waals surface area contributed by atoms with Crippen molar-refractivity contribution in [2.24, 2.45) is 0 Å². The van der Waals surface area contributed by atoms with Gasteiger partial charge in [-0.15, -0.1) is 0 Å². The lowest BCUT2D eigenvalue weighted by Crippen LogP contribution is -2.24. The normalized spacial score (nSPS) is 17.8. The van der Waals surface area contributed by atoms with Gasteiger partial charge in [0.15, 0.2) is 0 Å². The van der Waals surface area contributed by atoms with Gasteiger partial charge in [0, 0.05) is 12.0 Å². The van der Waals surface area contributed by atoms with Crippen LogP contribution >= 0.6 is 11.6 Å². The second-order valence-corrected chi connectivity index (χ2v) is 4.72. The molecule has 0 radical (unpaired) electrons. The maximum atomic E-state index is 13.3. The second kappa shape index (κ2) is 2.86. The van der Waals surface area contributed by atoms with E-state index in [1.54, 1.807) is 6.92 Å². The third-order valence-electron chi connectivity index (χ3n) is 2.54. The molecular formula is C11H12ClFO. The van der Waals surface area contributed by atoms with Crippen LogP contribution in [0, 0.1) is 12.7 Å². The van der Waals surface area contributed by atoms with E-state index in [2.05, 4.69) is 0 Å². The van der Waals surface area contributed by atoms with E-state index in [9.17, 15) is 4.39 Å². The number of hydrogen-bond acceptors (Lipinski definition) is 1. The average molecular weight is 215 g/mol. The quantitative estimate of drug-likeness (QED) is 0.642. The molecule has 76 valence electrons. The molecule has 0 atom stereocenters. The molecule has 0 aromatic heterocycles. The molecule has 1 aliphatic rings. The summed E-state index contributed by atoms with van der Waals surface area (Å²) in [5, 5.41) is 0.369. The zero-order valence-corrected chi connectivity index (χ0v) is 9.20. The van der Waals surface area contributed by atoms with Crippen LogP contribution in [0.1, 0.15) is 25.0 Å². The molecule has 0 unspecified atom stereocenters. The van der Waals surface area contributed by atoms with E-state index in [-0.39, 0.29) is 11.4 Å². The SMILES string of the molecule is Cc1c(F)cc(Cl)c2c1CC(C)(C)O2. The van der Waals surface area contributed by atoms with Gasteiger partial charge in [-0.2, -0.15) is 0 Å². The first-order chi connectivity index (χ1) is 6.41. The van der Waals surface area contributed by atoms with Crippen LogP contribution in [0.25, 0.3) is 0 Å². The molecular weight excluding hydrogens is 203 g/mol. The summed E-state index contributed by atoms with van der Waals surface area (Å²) in [6, 6.07) is 1.32. The highest BCUT2D eigenvalue weighted by atomic mass is 35.5. The van der Waals surface area contributed by atoms with Crippen LogP contribution in [0.4, 0.5) is 4.39 Å². The summed E-state index contributed by atoms with van der Waals surface area (Å²) in [7, 11) is 0. The molecule has 0 aliphatic carbocycles. The Morgan fingerprint density at radius 3 is 2.79 bits per heavy atom. The molecule has 0 spiro atoms. The lowest BCUT2D eigenvalue weighted by atomic mass is 9.98. The number of halogens is 2. The molecule has 0 bridgehead atoms. The standard InChI is InChI=1S/C11H12ClFO/c1-6-7-5-11(2,3)14-10(7)8(12)4-9(6)13/h4H,5H2,1-3H3. The Balaban J connectivity index is 2.61. The Morgan fingerprint density at radius 2 is 2.14 bits per heavy atom. The van der Waals surface area contributed by atoms with Crippen molar-refractivity contribution in [1.29, 1.82) is 0 Å². The van der Waals surface area contributed by atoms with E-state index >= 15 is 0 Å². The first kappa shape index (κ1) is 9.78. The summed E-state index contributed by atoms with van der Waals surface area (Å²) in [6.07, 6.45) is 0.714. The number of fused-ring (bicyclic) bond motifs is 1. The van der Waals surface area contributed by atoms with Gasteiger partial charge >= 0.3 is 0 Å². The molecule has 0 saturated heterocycles. The molecule has 1 aliphatic heterocycles. The molecule has 0 N–H and O–H groups in total. The first-order valence-corrected chi connectivity index (χ1v) is 4.95. The van der Waals surface area contributed by atoms with E-state index < -0.39 is 0 Å². The van der Waals surface area contributed by atoms with E-state index in [1.165, 1.54) is 6.07 Å². The van der Waals surface area contributed by atoms with Crippen molar-refractivity contribution in [1.82, 2.24) is 0 Å². The average Bonchev–Trinajstić information content (AvgIpc) is 2.38. The summed E-state index contributed by atoms with van der Waals surface area (Å²) in [5.74, 6) is 0.394. The minimum atomic E-state index is -0.273.